The van der Waals surface area contributed by atoms with Crippen LogP contribution in [0.4, 0.5) is 0 Å². The lowest BCUT2D eigenvalue weighted by Crippen LogP contribution is -2.15. The molecule has 1 atom stereocenters. The lowest BCUT2D eigenvalue weighted by Gasteiger charge is -2.19. The Morgan fingerprint density at radius 3 is 2.47 bits per heavy atom. The Hall–Kier alpha value is -1.42. The van der Waals surface area contributed by atoms with Gasteiger partial charge in [-0.1, -0.05) is 18.5 Å². The van der Waals surface area contributed by atoms with Crippen molar-refractivity contribution < 1.29 is 19.4 Å². The molecular weight excluding hydrogens is 268 g/mol. The first-order valence-electron chi connectivity index (χ1n) is 6.11. The van der Waals surface area contributed by atoms with Gasteiger partial charge in [-0.25, -0.2) is 0 Å². The van der Waals surface area contributed by atoms with Gasteiger partial charge in [-0.05, 0) is 32.4 Å². The number of ether oxygens (including phenoxy) is 2. The summed E-state index contributed by atoms with van der Waals surface area (Å²) in [6, 6.07) is 3.41. The molecule has 0 bridgehead atoms. The summed E-state index contributed by atoms with van der Waals surface area (Å²) >= 11 is 6.16. The van der Waals surface area contributed by atoms with Gasteiger partial charge in [0.2, 0.25) is 0 Å². The van der Waals surface area contributed by atoms with E-state index in [1.165, 1.54) is 0 Å². The summed E-state index contributed by atoms with van der Waals surface area (Å²) in [6.07, 6.45) is 0.249. The van der Waals surface area contributed by atoms with Crippen molar-refractivity contribution in [3.8, 4) is 11.5 Å². The smallest absolute Gasteiger partial charge is 0.306 e. The SMILES string of the molecule is COc1ccc(Cl)c(CC(C)C(=O)O)c1OC(C)C. The maximum Gasteiger partial charge on any atom is 0.306 e. The topological polar surface area (TPSA) is 55.8 Å². The standard InChI is InChI=1S/C14H19ClO4/c1-8(2)19-13-10(7-9(3)14(16)17)11(15)5-6-12(13)18-4/h5-6,8-9H,7H2,1-4H3,(H,16,17). The van der Waals surface area contributed by atoms with E-state index in [-0.39, 0.29) is 6.10 Å². The van der Waals surface area contributed by atoms with E-state index in [9.17, 15) is 4.79 Å². The van der Waals surface area contributed by atoms with Gasteiger partial charge >= 0.3 is 5.97 Å². The van der Waals surface area contributed by atoms with Crippen LogP contribution < -0.4 is 9.47 Å². The number of benzene rings is 1. The molecule has 1 aromatic rings. The first-order valence-corrected chi connectivity index (χ1v) is 6.49. The van der Waals surface area contributed by atoms with Crippen LogP contribution in [-0.2, 0) is 11.2 Å². The van der Waals surface area contributed by atoms with Crippen molar-refractivity contribution in [1.82, 2.24) is 0 Å². The molecule has 19 heavy (non-hydrogen) atoms. The molecule has 106 valence electrons. The van der Waals surface area contributed by atoms with Crippen molar-refractivity contribution in [3.05, 3.63) is 22.7 Å². The molecule has 0 aromatic heterocycles. The molecule has 0 heterocycles. The second kappa shape index (κ2) is 6.66. The lowest BCUT2D eigenvalue weighted by atomic mass is 10.00. The molecule has 0 spiro atoms. The third-order valence-corrected chi connectivity index (χ3v) is 3.03. The predicted molar refractivity (Wildman–Crippen MR) is 74.3 cm³/mol. The first-order chi connectivity index (χ1) is 8.86. The van der Waals surface area contributed by atoms with Crippen LogP contribution in [0.15, 0.2) is 12.1 Å². The highest BCUT2D eigenvalue weighted by Gasteiger charge is 2.21. The van der Waals surface area contributed by atoms with E-state index in [4.69, 9.17) is 26.2 Å². The second-order valence-electron chi connectivity index (χ2n) is 4.67. The molecule has 4 nitrogen and oxygen atoms in total. The van der Waals surface area contributed by atoms with E-state index in [1.807, 2.05) is 13.8 Å². The van der Waals surface area contributed by atoms with Crippen molar-refractivity contribution in [3.63, 3.8) is 0 Å². The minimum Gasteiger partial charge on any atom is -0.493 e. The van der Waals surface area contributed by atoms with Crippen LogP contribution in [0.25, 0.3) is 0 Å². The number of halogens is 1. The van der Waals surface area contributed by atoms with Gasteiger partial charge in [-0.3, -0.25) is 4.79 Å². The van der Waals surface area contributed by atoms with Gasteiger partial charge in [0, 0.05) is 10.6 Å². The highest BCUT2D eigenvalue weighted by atomic mass is 35.5. The molecule has 0 fully saturated rings. The van der Waals surface area contributed by atoms with Gasteiger partial charge in [0.25, 0.3) is 0 Å². The van der Waals surface area contributed by atoms with Crippen LogP contribution in [-0.4, -0.2) is 24.3 Å². The average Bonchev–Trinajstić information content (AvgIpc) is 2.33. The Kier molecular flexibility index (Phi) is 5.48. The molecule has 0 aliphatic heterocycles. The van der Waals surface area contributed by atoms with E-state index in [0.717, 1.165) is 0 Å². The summed E-state index contributed by atoms with van der Waals surface area (Å²) in [5, 5.41) is 9.51. The van der Waals surface area contributed by atoms with E-state index in [0.29, 0.717) is 28.5 Å². The van der Waals surface area contributed by atoms with Gasteiger partial charge in [-0.15, -0.1) is 0 Å². The van der Waals surface area contributed by atoms with E-state index >= 15 is 0 Å². The van der Waals surface area contributed by atoms with Gasteiger partial charge in [0.05, 0.1) is 19.1 Å². The zero-order valence-corrected chi connectivity index (χ0v) is 12.3. The Labute approximate surface area is 118 Å². The van der Waals surface area contributed by atoms with Gasteiger partial charge in [-0.2, -0.15) is 0 Å². The Morgan fingerprint density at radius 2 is 2.00 bits per heavy atom. The largest absolute Gasteiger partial charge is 0.493 e. The van der Waals surface area contributed by atoms with E-state index in [1.54, 1.807) is 26.2 Å². The highest BCUT2D eigenvalue weighted by molar-refractivity contribution is 6.31. The van der Waals surface area contributed by atoms with Gasteiger partial charge < -0.3 is 14.6 Å². The molecule has 0 aliphatic rings. The molecule has 1 rings (SSSR count). The maximum atomic E-state index is 11.0. The Balaban J connectivity index is 3.21. The van der Waals surface area contributed by atoms with Crippen molar-refractivity contribution >= 4 is 17.6 Å². The summed E-state index contributed by atoms with van der Waals surface area (Å²) in [6.45, 7) is 5.42. The Bertz CT molecular complexity index is 457. The van der Waals surface area contributed by atoms with Crippen LogP contribution in [0.3, 0.4) is 0 Å². The summed E-state index contributed by atoms with van der Waals surface area (Å²) in [5.41, 5.74) is 0.671. The fourth-order valence-corrected chi connectivity index (χ4v) is 1.92. The van der Waals surface area contributed by atoms with Crippen molar-refractivity contribution in [2.45, 2.75) is 33.3 Å². The molecule has 0 amide bonds. The molecule has 1 aromatic carbocycles. The third kappa shape index (κ3) is 4.03. The third-order valence-electron chi connectivity index (χ3n) is 2.67. The molecule has 0 aliphatic carbocycles. The number of carboxylic acid groups (broad SMARTS) is 1. The number of carbonyl (C=O) groups is 1. The molecule has 0 saturated heterocycles. The van der Waals surface area contributed by atoms with Gasteiger partial charge in [0.15, 0.2) is 11.5 Å². The summed E-state index contributed by atoms with van der Waals surface area (Å²) in [5.74, 6) is -0.322. The fraction of sp³-hybridized carbons (Fsp3) is 0.500. The van der Waals surface area contributed by atoms with Crippen LogP contribution in [0.2, 0.25) is 5.02 Å². The maximum absolute atomic E-state index is 11.0. The molecule has 0 radical (unpaired) electrons. The zero-order valence-electron chi connectivity index (χ0n) is 11.6. The molecule has 5 heteroatoms. The minimum atomic E-state index is -0.866. The van der Waals surface area contributed by atoms with Crippen LogP contribution in [0.1, 0.15) is 26.3 Å². The molecule has 1 N–H and O–H groups in total. The van der Waals surface area contributed by atoms with E-state index < -0.39 is 11.9 Å². The number of rotatable bonds is 6. The van der Waals surface area contributed by atoms with Crippen molar-refractivity contribution in [1.29, 1.82) is 0 Å². The number of methoxy groups -OCH3 is 1. The van der Waals surface area contributed by atoms with E-state index in [2.05, 4.69) is 0 Å². The highest BCUT2D eigenvalue weighted by Crippen LogP contribution is 2.38. The molecular formula is C14H19ClO4. The monoisotopic (exact) mass is 286 g/mol. The van der Waals surface area contributed by atoms with Crippen molar-refractivity contribution in [2.75, 3.05) is 7.11 Å². The number of hydrogen-bond acceptors (Lipinski definition) is 3. The number of carboxylic acids is 1. The predicted octanol–water partition coefficient (Wildman–Crippen LogP) is 3.40. The number of aliphatic carboxylic acids is 1. The Morgan fingerprint density at radius 1 is 1.37 bits per heavy atom. The summed E-state index contributed by atoms with van der Waals surface area (Å²) in [4.78, 5) is 11.0. The lowest BCUT2D eigenvalue weighted by molar-refractivity contribution is -0.141. The minimum absolute atomic E-state index is 0.0498. The van der Waals surface area contributed by atoms with Gasteiger partial charge in [0.1, 0.15) is 0 Å². The zero-order chi connectivity index (χ0) is 14.6. The normalized spacial score (nSPS) is 12.3. The quantitative estimate of drug-likeness (QED) is 0.871. The summed E-state index contributed by atoms with van der Waals surface area (Å²) in [7, 11) is 1.54. The van der Waals surface area contributed by atoms with Crippen LogP contribution in [0, 0.1) is 5.92 Å². The van der Waals surface area contributed by atoms with Crippen LogP contribution in [0.5, 0.6) is 11.5 Å². The molecule has 1 unspecified atom stereocenters. The van der Waals surface area contributed by atoms with Crippen molar-refractivity contribution in [2.24, 2.45) is 5.92 Å². The van der Waals surface area contributed by atoms with Crippen LogP contribution >= 0.6 is 11.6 Å². The summed E-state index contributed by atoms with van der Waals surface area (Å²) < 4.78 is 11.0. The fourth-order valence-electron chi connectivity index (χ4n) is 1.69. The first kappa shape index (κ1) is 15.6. The number of hydrogen-bond donors (Lipinski definition) is 1. The second-order valence-corrected chi connectivity index (χ2v) is 5.07. The molecule has 0 saturated carbocycles. The average molecular weight is 287 g/mol.